The van der Waals surface area contributed by atoms with E-state index < -0.39 is 12.1 Å². The average molecular weight is 298 g/mol. The van der Waals surface area contributed by atoms with Crippen LogP contribution in [0.3, 0.4) is 0 Å². The second kappa shape index (κ2) is 5.99. The molecule has 4 nitrogen and oxygen atoms in total. The Labute approximate surface area is 119 Å². The first-order chi connectivity index (χ1) is 9.84. The summed E-state index contributed by atoms with van der Waals surface area (Å²) in [5, 5.41) is 4.24. The Hall–Kier alpha value is -2.31. The van der Waals surface area contributed by atoms with Crippen LogP contribution >= 0.6 is 0 Å². The SMILES string of the molecule is O=C(/C=C/C1CC1)Nc1cccc(NC(=O)C(F)(F)F)c1. The molecule has 0 saturated heterocycles. The van der Waals surface area contributed by atoms with E-state index in [4.69, 9.17) is 0 Å². The van der Waals surface area contributed by atoms with Gasteiger partial charge in [-0.15, -0.1) is 0 Å². The van der Waals surface area contributed by atoms with Gasteiger partial charge in [-0.1, -0.05) is 12.1 Å². The lowest BCUT2D eigenvalue weighted by Gasteiger charge is -2.09. The van der Waals surface area contributed by atoms with E-state index in [-0.39, 0.29) is 11.6 Å². The average Bonchev–Trinajstić information content (AvgIpc) is 3.19. The van der Waals surface area contributed by atoms with Gasteiger partial charge in [-0.3, -0.25) is 9.59 Å². The molecule has 0 bridgehead atoms. The summed E-state index contributed by atoms with van der Waals surface area (Å²) < 4.78 is 36.4. The Balaban J connectivity index is 1.96. The zero-order valence-electron chi connectivity index (χ0n) is 10.9. The summed E-state index contributed by atoms with van der Waals surface area (Å²) in [5.74, 6) is -1.96. The van der Waals surface area contributed by atoms with Crippen molar-refractivity contribution >= 4 is 23.2 Å². The molecule has 0 heterocycles. The van der Waals surface area contributed by atoms with Crippen LogP contribution in [0.15, 0.2) is 36.4 Å². The number of rotatable bonds is 4. The standard InChI is InChI=1S/C14H13F3N2O2/c15-14(16,17)13(21)19-11-3-1-2-10(8-11)18-12(20)7-6-9-4-5-9/h1-3,6-9H,4-5H2,(H,18,20)(H,19,21)/b7-6+. The number of anilines is 2. The van der Waals surface area contributed by atoms with Gasteiger partial charge in [-0.2, -0.15) is 13.2 Å². The lowest BCUT2D eigenvalue weighted by atomic mass is 10.2. The van der Waals surface area contributed by atoms with Crippen LogP contribution in [0.2, 0.25) is 0 Å². The van der Waals surface area contributed by atoms with Crippen LogP contribution in [0.4, 0.5) is 24.5 Å². The Kier molecular flexibility index (Phi) is 4.30. The number of hydrogen-bond acceptors (Lipinski definition) is 2. The number of amides is 2. The monoisotopic (exact) mass is 298 g/mol. The van der Waals surface area contributed by atoms with Gasteiger partial charge in [0, 0.05) is 11.4 Å². The van der Waals surface area contributed by atoms with Gasteiger partial charge in [0.2, 0.25) is 5.91 Å². The number of carbonyl (C=O) groups is 2. The van der Waals surface area contributed by atoms with Crippen LogP contribution < -0.4 is 10.6 Å². The third-order valence-corrected chi connectivity index (χ3v) is 2.79. The molecule has 1 saturated carbocycles. The maximum Gasteiger partial charge on any atom is 0.471 e. The molecule has 1 aliphatic carbocycles. The fourth-order valence-corrected chi connectivity index (χ4v) is 1.57. The second-order valence-corrected chi connectivity index (χ2v) is 4.72. The maximum atomic E-state index is 12.1. The van der Waals surface area contributed by atoms with E-state index >= 15 is 0 Å². The molecule has 112 valence electrons. The van der Waals surface area contributed by atoms with E-state index in [0.717, 1.165) is 12.8 Å². The van der Waals surface area contributed by atoms with E-state index in [9.17, 15) is 22.8 Å². The third kappa shape index (κ3) is 4.94. The van der Waals surface area contributed by atoms with Gasteiger partial charge in [0.05, 0.1) is 0 Å². The first kappa shape index (κ1) is 15.1. The topological polar surface area (TPSA) is 58.2 Å². The van der Waals surface area contributed by atoms with Crippen LogP contribution in [0.1, 0.15) is 12.8 Å². The predicted octanol–water partition coefficient (Wildman–Crippen LogP) is 3.09. The highest BCUT2D eigenvalue weighted by Crippen LogP contribution is 2.30. The summed E-state index contributed by atoms with van der Waals surface area (Å²) in [4.78, 5) is 22.4. The molecule has 1 fully saturated rings. The molecule has 0 unspecified atom stereocenters. The van der Waals surface area contributed by atoms with Gasteiger partial charge in [0.25, 0.3) is 0 Å². The minimum atomic E-state index is -4.95. The number of carbonyl (C=O) groups excluding carboxylic acids is 2. The fraction of sp³-hybridized carbons (Fsp3) is 0.286. The lowest BCUT2D eigenvalue weighted by molar-refractivity contribution is -0.167. The number of benzene rings is 1. The van der Waals surface area contributed by atoms with Crippen molar-refractivity contribution < 1.29 is 22.8 Å². The fourth-order valence-electron chi connectivity index (χ4n) is 1.57. The highest BCUT2D eigenvalue weighted by Gasteiger charge is 2.38. The van der Waals surface area contributed by atoms with Crippen LogP contribution in [-0.4, -0.2) is 18.0 Å². The molecule has 0 aliphatic heterocycles. The van der Waals surface area contributed by atoms with E-state index in [1.54, 1.807) is 11.4 Å². The number of hydrogen-bond donors (Lipinski definition) is 2. The number of halogens is 3. The molecule has 0 atom stereocenters. The summed E-state index contributed by atoms with van der Waals surface area (Å²) in [6.07, 6.45) is 0.390. The van der Waals surface area contributed by atoms with Crippen molar-refractivity contribution in [3.63, 3.8) is 0 Å². The van der Waals surface area contributed by atoms with Crippen molar-refractivity contribution in [1.82, 2.24) is 0 Å². The number of allylic oxidation sites excluding steroid dienone is 1. The maximum absolute atomic E-state index is 12.1. The predicted molar refractivity (Wildman–Crippen MR) is 71.6 cm³/mol. The molecule has 0 aromatic heterocycles. The largest absolute Gasteiger partial charge is 0.471 e. The Bertz CT molecular complexity index is 578. The summed E-state index contributed by atoms with van der Waals surface area (Å²) >= 11 is 0. The van der Waals surface area contributed by atoms with Gasteiger partial charge >= 0.3 is 12.1 Å². The first-order valence-corrected chi connectivity index (χ1v) is 6.32. The molecular formula is C14H13F3N2O2. The molecule has 21 heavy (non-hydrogen) atoms. The molecular weight excluding hydrogens is 285 g/mol. The van der Waals surface area contributed by atoms with Crippen molar-refractivity contribution in [2.45, 2.75) is 19.0 Å². The van der Waals surface area contributed by atoms with E-state index in [0.29, 0.717) is 11.6 Å². The first-order valence-electron chi connectivity index (χ1n) is 6.32. The van der Waals surface area contributed by atoms with Crippen molar-refractivity contribution in [2.24, 2.45) is 5.92 Å². The van der Waals surface area contributed by atoms with Crippen molar-refractivity contribution in [3.05, 3.63) is 36.4 Å². The Morgan fingerprint density at radius 2 is 1.76 bits per heavy atom. The minimum absolute atomic E-state index is 0.0405. The van der Waals surface area contributed by atoms with E-state index in [2.05, 4.69) is 5.32 Å². The summed E-state index contributed by atoms with van der Waals surface area (Å²) in [5.41, 5.74) is 0.265. The molecule has 2 N–H and O–H groups in total. The van der Waals surface area contributed by atoms with Crippen LogP contribution in [0.5, 0.6) is 0 Å². The smallest absolute Gasteiger partial charge is 0.322 e. The van der Waals surface area contributed by atoms with Gasteiger partial charge < -0.3 is 10.6 Å². The van der Waals surface area contributed by atoms with Gasteiger partial charge in [-0.25, -0.2) is 0 Å². The molecule has 2 amide bonds. The van der Waals surface area contributed by atoms with Gasteiger partial charge in [0.15, 0.2) is 0 Å². The number of alkyl halides is 3. The number of nitrogens with one attached hydrogen (secondary N) is 2. The zero-order valence-corrected chi connectivity index (χ0v) is 10.9. The van der Waals surface area contributed by atoms with Crippen molar-refractivity contribution in [1.29, 1.82) is 0 Å². The normalized spacial score (nSPS) is 15.0. The second-order valence-electron chi connectivity index (χ2n) is 4.72. The van der Waals surface area contributed by atoms with Crippen LogP contribution in [0, 0.1) is 5.92 Å². The molecule has 1 aliphatic rings. The van der Waals surface area contributed by atoms with Crippen LogP contribution in [-0.2, 0) is 9.59 Å². The summed E-state index contributed by atoms with van der Waals surface area (Å²) in [6.45, 7) is 0. The highest BCUT2D eigenvalue weighted by molar-refractivity contribution is 6.00. The molecule has 7 heteroatoms. The quantitative estimate of drug-likeness (QED) is 0.839. The van der Waals surface area contributed by atoms with Crippen molar-refractivity contribution in [2.75, 3.05) is 10.6 Å². The van der Waals surface area contributed by atoms with E-state index in [1.807, 2.05) is 0 Å². The van der Waals surface area contributed by atoms with Gasteiger partial charge in [0.1, 0.15) is 0 Å². The van der Waals surface area contributed by atoms with Crippen molar-refractivity contribution in [3.8, 4) is 0 Å². The molecule has 1 aromatic carbocycles. The molecule has 0 radical (unpaired) electrons. The zero-order chi connectivity index (χ0) is 15.5. The van der Waals surface area contributed by atoms with E-state index in [1.165, 1.54) is 30.3 Å². The Morgan fingerprint density at radius 1 is 1.14 bits per heavy atom. The molecule has 0 spiro atoms. The van der Waals surface area contributed by atoms with Gasteiger partial charge in [-0.05, 0) is 43.0 Å². The Morgan fingerprint density at radius 3 is 2.33 bits per heavy atom. The van der Waals surface area contributed by atoms with Crippen LogP contribution in [0.25, 0.3) is 0 Å². The highest BCUT2D eigenvalue weighted by atomic mass is 19.4. The summed E-state index contributed by atoms with van der Waals surface area (Å²) in [7, 11) is 0. The molecule has 1 aromatic rings. The third-order valence-electron chi connectivity index (χ3n) is 2.79. The minimum Gasteiger partial charge on any atom is -0.322 e. The molecule has 2 rings (SSSR count). The lowest BCUT2D eigenvalue weighted by Crippen LogP contribution is -2.29. The summed E-state index contributed by atoms with van der Waals surface area (Å²) in [6, 6.07) is 5.52.